The molecule has 0 unspecified atom stereocenters. The van der Waals surface area contributed by atoms with E-state index in [4.69, 9.17) is 5.11 Å². The Labute approximate surface area is 129 Å². The highest BCUT2D eigenvalue weighted by atomic mass is 16.4. The number of aryl methyl sites for hydroxylation is 1. The van der Waals surface area contributed by atoms with Crippen molar-refractivity contribution < 1.29 is 14.7 Å². The van der Waals surface area contributed by atoms with Crippen molar-refractivity contribution in [2.24, 2.45) is 5.92 Å². The molecule has 1 aliphatic rings. The van der Waals surface area contributed by atoms with Gasteiger partial charge in [0.05, 0.1) is 5.56 Å². The van der Waals surface area contributed by atoms with E-state index in [1.807, 2.05) is 0 Å². The molecule has 4 heteroatoms. The number of aromatic carboxylic acids is 1. The van der Waals surface area contributed by atoms with Crippen LogP contribution in [0, 0.1) is 5.92 Å². The zero-order valence-electron chi connectivity index (χ0n) is 12.8. The summed E-state index contributed by atoms with van der Waals surface area (Å²) in [5.74, 6) is -0.582. The van der Waals surface area contributed by atoms with Gasteiger partial charge in [0.15, 0.2) is 5.78 Å². The van der Waals surface area contributed by atoms with Crippen LogP contribution in [-0.2, 0) is 6.42 Å². The number of carbonyl (C=O) groups excluding carboxylic acids is 1. The summed E-state index contributed by atoms with van der Waals surface area (Å²) in [5, 5.41) is 9.99. The SMILES string of the molecule is CCCc1[nH]c2cc(C(=O)O)ccc2c1C(=O)C1CCCC1. The predicted octanol–water partition coefficient (Wildman–Crippen LogP) is 4.19. The third-order valence-corrected chi connectivity index (χ3v) is 4.60. The minimum atomic E-state index is -0.947. The molecule has 1 fully saturated rings. The average molecular weight is 299 g/mol. The van der Waals surface area contributed by atoms with Crippen LogP contribution in [-0.4, -0.2) is 21.8 Å². The van der Waals surface area contributed by atoms with Gasteiger partial charge in [0.1, 0.15) is 0 Å². The zero-order valence-corrected chi connectivity index (χ0v) is 12.8. The first-order valence-corrected chi connectivity index (χ1v) is 8.04. The fourth-order valence-electron chi connectivity index (χ4n) is 3.50. The Kier molecular flexibility index (Phi) is 4.01. The van der Waals surface area contributed by atoms with Gasteiger partial charge < -0.3 is 10.1 Å². The maximum absolute atomic E-state index is 12.9. The standard InChI is InChI=1S/C18H21NO3/c1-2-5-14-16(17(20)11-6-3-4-7-11)13-9-8-12(18(21)22)10-15(13)19-14/h8-11,19H,2-7H2,1H3,(H,21,22). The largest absolute Gasteiger partial charge is 0.478 e. The summed E-state index contributed by atoms with van der Waals surface area (Å²) in [6.07, 6.45) is 5.97. The molecule has 1 aromatic carbocycles. The lowest BCUT2D eigenvalue weighted by molar-refractivity contribution is 0.0696. The number of aromatic amines is 1. The van der Waals surface area contributed by atoms with E-state index in [0.29, 0.717) is 0 Å². The first-order chi connectivity index (χ1) is 10.6. The van der Waals surface area contributed by atoms with Gasteiger partial charge in [0, 0.05) is 28.1 Å². The van der Waals surface area contributed by atoms with Gasteiger partial charge in [-0.05, 0) is 31.4 Å². The first kappa shape index (κ1) is 14.8. The Morgan fingerprint density at radius 2 is 2.00 bits per heavy atom. The number of fused-ring (bicyclic) bond motifs is 1. The number of hydrogen-bond donors (Lipinski definition) is 2. The van der Waals surface area contributed by atoms with E-state index >= 15 is 0 Å². The number of aromatic nitrogens is 1. The number of carbonyl (C=O) groups is 2. The second-order valence-electron chi connectivity index (χ2n) is 6.14. The van der Waals surface area contributed by atoms with E-state index in [1.54, 1.807) is 18.2 Å². The van der Waals surface area contributed by atoms with Crippen molar-refractivity contribution in [2.75, 3.05) is 0 Å². The minimum Gasteiger partial charge on any atom is -0.478 e. The minimum absolute atomic E-state index is 0.133. The highest BCUT2D eigenvalue weighted by Gasteiger charge is 2.28. The quantitative estimate of drug-likeness (QED) is 0.813. The number of ketones is 1. The van der Waals surface area contributed by atoms with E-state index in [9.17, 15) is 9.59 Å². The molecule has 0 aliphatic heterocycles. The molecule has 0 bridgehead atoms. The van der Waals surface area contributed by atoms with Crippen molar-refractivity contribution in [1.29, 1.82) is 0 Å². The molecule has 1 aliphatic carbocycles. The normalized spacial score (nSPS) is 15.5. The summed E-state index contributed by atoms with van der Waals surface area (Å²) in [5.41, 5.74) is 2.75. The molecule has 0 spiro atoms. The first-order valence-electron chi connectivity index (χ1n) is 8.04. The highest BCUT2D eigenvalue weighted by molar-refractivity contribution is 6.11. The summed E-state index contributed by atoms with van der Waals surface area (Å²) in [6, 6.07) is 4.98. The average Bonchev–Trinajstić information content (AvgIpc) is 3.13. The summed E-state index contributed by atoms with van der Waals surface area (Å²) in [7, 11) is 0. The van der Waals surface area contributed by atoms with E-state index < -0.39 is 5.97 Å². The number of H-pyrrole nitrogens is 1. The molecule has 0 radical (unpaired) electrons. The monoisotopic (exact) mass is 299 g/mol. The predicted molar refractivity (Wildman–Crippen MR) is 85.5 cm³/mol. The van der Waals surface area contributed by atoms with Gasteiger partial charge in [0.2, 0.25) is 0 Å². The van der Waals surface area contributed by atoms with Crippen LogP contribution < -0.4 is 0 Å². The Balaban J connectivity index is 2.11. The summed E-state index contributed by atoms with van der Waals surface area (Å²) in [6.45, 7) is 2.08. The Hall–Kier alpha value is -2.10. The van der Waals surface area contributed by atoms with Crippen molar-refractivity contribution in [3.05, 3.63) is 35.0 Å². The number of nitrogens with one attached hydrogen (secondary N) is 1. The molecule has 2 N–H and O–H groups in total. The van der Waals surface area contributed by atoms with Crippen molar-refractivity contribution >= 4 is 22.7 Å². The van der Waals surface area contributed by atoms with E-state index in [1.165, 1.54) is 0 Å². The molecule has 2 aromatic rings. The van der Waals surface area contributed by atoms with Gasteiger partial charge in [-0.25, -0.2) is 4.79 Å². The van der Waals surface area contributed by atoms with Gasteiger partial charge in [-0.3, -0.25) is 4.79 Å². The molecule has 0 saturated heterocycles. The number of hydrogen-bond acceptors (Lipinski definition) is 2. The molecule has 22 heavy (non-hydrogen) atoms. The highest BCUT2D eigenvalue weighted by Crippen LogP contribution is 2.33. The van der Waals surface area contributed by atoms with Gasteiger partial charge in [-0.1, -0.05) is 32.3 Å². The maximum Gasteiger partial charge on any atom is 0.335 e. The maximum atomic E-state index is 12.9. The molecular weight excluding hydrogens is 278 g/mol. The second kappa shape index (κ2) is 5.95. The van der Waals surface area contributed by atoms with E-state index in [0.717, 1.165) is 60.7 Å². The lowest BCUT2D eigenvalue weighted by atomic mass is 9.93. The van der Waals surface area contributed by atoms with Crippen LogP contribution in [0.4, 0.5) is 0 Å². The van der Waals surface area contributed by atoms with Crippen LogP contribution >= 0.6 is 0 Å². The topological polar surface area (TPSA) is 70.2 Å². The summed E-state index contributed by atoms with van der Waals surface area (Å²) in [4.78, 5) is 27.3. The molecule has 1 saturated carbocycles. The van der Waals surface area contributed by atoms with Crippen molar-refractivity contribution in [2.45, 2.75) is 45.4 Å². The summed E-state index contributed by atoms with van der Waals surface area (Å²) >= 11 is 0. The third kappa shape index (κ3) is 2.54. The molecule has 0 amide bonds. The van der Waals surface area contributed by atoms with E-state index in [-0.39, 0.29) is 17.3 Å². The number of carboxylic acid groups (broad SMARTS) is 1. The lowest BCUT2D eigenvalue weighted by Crippen LogP contribution is -2.12. The number of Topliss-reactive ketones (excluding diaryl/α,β-unsaturated/α-hetero) is 1. The molecule has 1 heterocycles. The van der Waals surface area contributed by atoms with Crippen LogP contribution in [0.25, 0.3) is 10.9 Å². The van der Waals surface area contributed by atoms with Crippen molar-refractivity contribution in [3.63, 3.8) is 0 Å². The van der Waals surface area contributed by atoms with Gasteiger partial charge in [-0.15, -0.1) is 0 Å². The second-order valence-corrected chi connectivity index (χ2v) is 6.14. The fourth-order valence-corrected chi connectivity index (χ4v) is 3.50. The van der Waals surface area contributed by atoms with Gasteiger partial charge in [-0.2, -0.15) is 0 Å². The van der Waals surface area contributed by atoms with Gasteiger partial charge >= 0.3 is 5.97 Å². The Bertz CT molecular complexity index is 723. The molecule has 4 nitrogen and oxygen atoms in total. The van der Waals surface area contributed by atoms with Gasteiger partial charge in [0.25, 0.3) is 0 Å². The number of carboxylic acids is 1. The molecule has 3 rings (SSSR count). The molecule has 116 valence electrons. The van der Waals surface area contributed by atoms with Crippen molar-refractivity contribution in [3.8, 4) is 0 Å². The Morgan fingerprint density at radius 3 is 2.64 bits per heavy atom. The third-order valence-electron chi connectivity index (χ3n) is 4.60. The Morgan fingerprint density at radius 1 is 1.27 bits per heavy atom. The van der Waals surface area contributed by atoms with Crippen molar-refractivity contribution in [1.82, 2.24) is 4.98 Å². The van der Waals surface area contributed by atoms with Crippen LogP contribution in [0.5, 0.6) is 0 Å². The smallest absolute Gasteiger partial charge is 0.335 e. The molecule has 0 atom stereocenters. The number of rotatable bonds is 5. The molecule has 1 aromatic heterocycles. The van der Waals surface area contributed by atoms with Crippen LogP contribution in [0.1, 0.15) is 65.4 Å². The number of benzene rings is 1. The van der Waals surface area contributed by atoms with Crippen LogP contribution in [0.3, 0.4) is 0 Å². The fraction of sp³-hybridized carbons (Fsp3) is 0.444. The lowest BCUT2D eigenvalue weighted by Gasteiger charge is -2.09. The van der Waals surface area contributed by atoms with Crippen LogP contribution in [0.15, 0.2) is 18.2 Å². The molecular formula is C18H21NO3. The zero-order chi connectivity index (χ0) is 15.7. The summed E-state index contributed by atoms with van der Waals surface area (Å²) < 4.78 is 0. The van der Waals surface area contributed by atoms with Crippen LogP contribution in [0.2, 0.25) is 0 Å². The van der Waals surface area contributed by atoms with E-state index in [2.05, 4.69) is 11.9 Å².